The summed E-state index contributed by atoms with van der Waals surface area (Å²) >= 11 is 6.32. The van der Waals surface area contributed by atoms with E-state index < -0.39 is 43.3 Å². The Kier molecular flexibility index (Phi) is 8.89. The number of esters is 1. The third kappa shape index (κ3) is 5.69. The summed E-state index contributed by atoms with van der Waals surface area (Å²) in [6, 6.07) is 7.92. The zero-order chi connectivity index (χ0) is 24.8. The van der Waals surface area contributed by atoms with Crippen molar-refractivity contribution >= 4 is 17.6 Å². The van der Waals surface area contributed by atoms with Crippen molar-refractivity contribution in [2.45, 2.75) is 37.3 Å². The molecule has 0 unspecified atom stereocenters. The van der Waals surface area contributed by atoms with Crippen LogP contribution in [0.25, 0.3) is 0 Å². The minimum Gasteiger partial charge on any atom is -0.496 e. The topological polar surface area (TPSA) is 146 Å². The molecule has 0 saturated carbocycles. The zero-order valence-corrected chi connectivity index (χ0v) is 19.5. The molecule has 186 valence electrons. The van der Waals surface area contributed by atoms with Crippen LogP contribution in [0.1, 0.15) is 16.1 Å². The van der Waals surface area contributed by atoms with E-state index in [1.54, 1.807) is 18.2 Å². The molecular weight excluding hydrogens is 474 g/mol. The fraction of sp³-hybridized carbons (Fsp3) is 0.455. The number of aliphatic hydroxyl groups excluding tert-OH is 3. The number of rotatable bonds is 9. The molecule has 2 aromatic rings. The molecule has 3 rings (SSSR count). The minimum atomic E-state index is -1.57. The lowest BCUT2D eigenvalue weighted by Crippen LogP contribution is -2.60. The summed E-state index contributed by atoms with van der Waals surface area (Å²) in [4.78, 5) is 17.1. The molecule has 2 heterocycles. The number of aromatic nitrogens is 1. The van der Waals surface area contributed by atoms with E-state index in [1.165, 1.54) is 33.5 Å². The highest BCUT2D eigenvalue weighted by Crippen LogP contribution is 2.35. The van der Waals surface area contributed by atoms with E-state index >= 15 is 0 Å². The molecule has 3 N–H and O–H groups in total. The number of methoxy groups -OCH3 is 3. The molecule has 0 amide bonds. The van der Waals surface area contributed by atoms with Gasteiger partial charge in [-0.15, -0.1) is 0 Å². The molecule has 0 spiro atoms. The molecule has 34 heavy (non-hydrogen) atoms. The van der Waals surface area contributed by atoms with E-state index in [-0.39, 0.29) is 28.7 Å². The summed E-state index contributed by atoms with van der Waals surface area (Å²) in [6.45, 7) is -0.482. The average molecular weight is 500 g/mol. The zero-order valence-electron chi connectivity index (χ0n) is 18.7. The predicted molar refractivity (Wildman–Crippen MR) is 117 cm³/mol. The number of aliphatic hydroxyl groups is 3. The maximum absolute atomic E-state index is 12.9. The van der Waals surface area contributed by atoms with Crippen molar-refractivity contribution in [1.82, 2.24) is 4.98 Å². The highest BCUT2D eigenvalue weighted by Gasteiger charge is 2.47. The number of carbonyl (C=O) groups is 1. The number of ether oxygens (including phenoxy) is 6. The van der Waals surface area contributed by atoms with E-state index in [1.807, 2.05) is 0 Å². The lowest BCUT2D eigenvalue weighted by atomic mass is 9.99. The number of benzene rings is 1. The SMILES string of the molecule is COc1cccc(COc2cc(OC)c(C(=O)O[C@H]3[C@@H](OC)O[C@H](CO)[C@@H](O)[C@@H]3O)cc2Cl)n1. The van der Waals surface area contributed by atoms with Crippen LogP contribution in [0.3, 0.4) is 0 Å². The maximum Gasteiger partial charge on any atom is 0.342 e. The first-order chi connectivity index (χ1) is 16.3. The van der Waals surface area contributed by atoms with Crippen molar-refractivity contribution in [3.63, 3.8) is 0 Å². The first-order valence-electron chi connectivity index (χ1n) is 10.2. The monoisotopic (exact) mass is 499 g/mol. The molecule has 12 heteroatoms. The van der Waals surface area contributed by atoms with Gasteiger partial charge in [-0.1, -0.05) is 17.7 Å². The van der Waals surface area contributed by atoms with Gasteiger partial charge in [-0.3, -0.25) is 0 Å². The summed E-state index contributed by atoms with van der Waals surface area (Å²) < 4.78 is 31.9. The Morgan fingerprint density at radius 3 is 2.53 bits per heavy atom. The Bertz CT molecular complexity index is 988. The van der Waals surface area contributed by atoms with Gasteiger partial charge in [0.05, 0.1) is 31.5 Å². The van der Waals surface area contributed by atoms with Crippen molar-refractivity contribution in [3.8, 4) is 17.4 Å². The Labute approximate surface area is 200 Å². The van der Waals surface area contributed by atoms with E-state index in [0.29, 0.717) is 11.6 Å². The Morgan fingerprint density at radius 2 is 1.88 bits per heavy atom. The summed E-state index contributed by atoms with van der Waals surface area (Å²) in [5, 5.41) is 29.9. The van der Waals surface area contributed by atoms with Crippen LogP contribution >= 0.6 is 11.6 Å². The highest BCUT2D eigenvalue weighted by atomic mass is 35.5. The summed E-state index contributed by atoms with van der Waals surface area (Å²) in [6.07, 6.45) is -6.78. The molecule has 1 aliphatic heterocycles. The third-order valence-corrected chi connectivity index (χ3v) is 5.44. The van der Waals surface area contributed by atoms with Crippen LogP contribution in [-0.4, -0.2) is 84.9 Å². The van der Waals surface area contributed by atoms with Crippen LogP contribution in [-0.2, 0) is 20.8 Å². The highest BCUT2D eigenvalue weighted by molar-refractivity contribution is 6.32. The molecule has 1 saturated heterocycles. The van der Waals surface area contributed by atoms with Crippen LogP contribution in [0, 0.1) is 0 Å². The maximum atomic E-state index is 12.9. The number of hydrogen-bond donors (Lipinski definition) is 3. The van der Waals surface area contributed by atoms with E-state index in [9.17, 15) is 20.1 Å². The predicted octanol–water partition coefficient (Wildman–Crippen LogP) is 0.942. The smallest absolute Gasteiger partial charge is 0.342 e. The number of pyridine rings is 1. The Hall–Kier alpha value is -2.67. The molecule has 0 aliphatic carbocycles. The van der Waals surface area contributed by atoms with Crippen molar-refractivity contribution in [2.75, 3.05) is 27.9 Å². The van der Waals surface area contributed by atoms with Crippen LogP contribution in [0.5, 0.6) is 17.4 Å². The Morgan fingerprint density at radius 1 is 1.12 bits per heavy atom. The van der Waals surface area contributed by atoms with Gasteiger partial charge in [0.1, 0.15) is 42.0 Å². The van der Waals surface area contributed by atoms with E-state index in [4.69, 9.17) is 40.0 Å². The molecule has 1 aliphatic rings. The van der Waals surface area contributed by atoms with Gasteiger partial charge < -0.3 is 43.7 Å². The second-order valence-electron chi connectivity index (χ2n) is 7.26. The molecule has 5 atom stereocenters. The minimum absolute atomic E-state index is 0.0554. The average Bonchev–Trinajstić information content (AvgIpc) is 2.86. The molecule has 1 fully saturated rings. The number of nitrogens with zero attached hydrogens (tertiary/aromatic N) is 1. The van der Waals surface area contributed by atoms with E-state index in [0.717, 1.165) is 0 Å². The van der Waals surface area contributed by atoms with Crippen LogP contribution in [0.2, 0.25) is 5.02 Å². The van der Waals surface area contributed by atoms with Gasteiger partial charge >= 0.3 is 5.97 Å². The third-order valence-electron chi connectivity index (χ3n) is 5.14. The normalized spacial score (nSPS) is 24.4. The quantitative estimate of drug-likeness (QED) is 0.423. The van der Waals surface area contributed by atoms with Crippen LogP contribution < -0.4 is 14.2 Å². The molecule has 1 aromatic heterocycles. The van der Waals surface area contributed by atoms with Gasteiger partial charge in [-0.2, -0.15) is 0 Å². The largest absolute Gasteiger partial charge is 0.496 e. The van der Waals surface area contributed by atoms with Crippen LogP contribution in [0.4, 0.5) is 0 Å². The lowest BCUT2D eigenvalue weighted by Gasteiger charge is -2.40. The molecule has 1 aromatic carbocycles. The van der Waals surface area contributed by atoms with E-state index in [2.05, 4.69) is 4.98 Å². The number of halogens is 1. The fourth-order valence-electron chi connectivity index (χ4n) is 3.34. The van der Waals surface area contributed by atoms with Gasteiger partial charge in [0, 0.05) is 19.2 Å². The van der Waals surface area contributed by atoms with Gasteiger partial charge in [-0.25, -0.2) is 9.78 Å². The fourth-order valence-corrected chi connectivity index (χ4v) is 3.55. The summed E-state index contributed by atoms with van der Waals surface area (Å²) in [5.74, 6) is -0.153. The second kappa shape index (κ2) is 11.6. The van der Waals surface area contributed by atoms with Crippen molar-refractivity contribution in [2.24, 2.45) is 0 Å². The molecule has 0 radical (unpaired) electrons. The van der Waals surface area contributed by atoms with Gasteiger partial charge in [-0.05, 0) is 12.1 Å². The van der Waals surface area contributed by atoms with Crippen molar-refractivity contribution in [1.29, 1.82) is 0 Å². The first-order valence-corrected chi connectivity index (χ1v) is 10.6. The second-order valence-corrected chi connectivity index (χ2v) is 7.66. The van der Waals surface area contributed by atoms with Gasteiger partial charge in [0.25, 0.3) is 0 Å². The number of hydrogen-bond acceptors (Lipinski definition) is 11. The lowest BCUT2D eigenvalue weighted by molar-refractivity contribution is -0.293. The van der Waals surface area contributed by atoms with Crippen molar-refractivity contribution < 1.29 is 48.5 Å². The first kappa shape index (κ1) is 25.9. The summed E-state index contributed by atoms with van der Waals surface area (Å²) in [5.41, 5.74) is 0.537. The molecular formula is C22H26ClNO10. The number of carbonyl (C=O) groups excluding carboxylic acids is 1. The van der Waals surface area contributed by atoms with Crippen LogP contribution in [0.15, 0.2) is 30.3 Å². The molecule has 11 nitrogen and oxygen atoms in total. The van der Waals surface area contributed by atoms with Crippen molar-refractivity contribution in [3.05, 3.63) is 46.6 Å². The molecule has 0 bridgehead atoms. The summed E-state index contributed by atoms with van der Waals surface area (Å²) in [7, 11) is 4.12. The van der Waals surface area contributed by atoms with Gasteiger partial charge in [0.15, 0.2) is 12.4 Å². The Balaban J connectivity index is 1.77. The van der Waals surface area contributed by atoms with Gasteiger partial charge in [0.2, 0.25) is 5.88 Å². The standard InChI is InChI=1S/C22H26ClNO10/c1-29-14-8-15(32-10-11-5-4-6-17(24-11)30-2)13(23)7-12(14)21(28)34-20-19(27)18(26)16(9-25)33-22(20)31-3/h4-8,16,18-20,22,25-27H,9-10H2,1-3H3/t16-,18-,19+,20-,22+/m1/s1.